The largest absolute Gasteiger partial charge is 0.281 e. The molecule has 2 heterocycles. The topological polar surface area (TPSA) is 46.7 Å². The van der Waals surface area contributed by atoms with Gasteiger partial charge in [-0.2, -0.15) is 0 Å². The van der Waals surface area contributed by atoms with Gasteiger partial charge >= 0.3 is 0 Å². The van der Waals surface area contributed by atoms with Crippen molar-refractivity contribution in [3.63, 3.8) is 0 Å². The summed E-state index contributed by atoms with van der Waals surface area (Å²) in [5.41, 5.74) is 2.41. The molecule has 0 aliphatic rings. The van der Waals surface area contributed by atoms with Crippen LogP contribution in [0.5, 0.6) is 0 Å². The zero-order chi connectivity index (χ0) is 11.9. The normalized spacial score (nSPS) is 12.0. The number of nitrogens with zero attached hydrogens (tertiary/aromatic N) is 3. The van der Waals surface area contributed by atoms with E-state index in [-0.39, 0.29) is 5.41 Å². The molecule has 0 amide bonds. The second kappa shape index (κ2) is 3.40. The van der Waals surface area contributed by atoms with E-state index in [9.17, 15) is 4.91 Å². The first-order chi connectivity index (χ1) is 7.43. The van der Waals surface area contributed by atoms with Crippen LogP contribution in [0.25, 0.3) is 5.65 Å². The molecule has 0 saturated carbocycles. The maximum atomic E-state index is 10.9. The zero-order valence-electron chi connectivity index (χ0n) is 9.98. The minimum absolute atomic E-state index is 0.177. The van der Waals surface area contributed by atoms with Crippen molar-refractivity contribution in [2.75, 3.05) is 0 Å². The molecule has 84 valence electrons. The predicted octanol–water partition coefficient (Wildman–Crippen LogP) is 3.34. The average molecular weight is 217 g/mol. The molecule has 0 bridgehead atoms. The molecule has 0 aliphatic heterocycles. The van der Waals surface area contributed by atoms with Gasteiger partial charge in [0.25, 0.3) is 0 Å². The molecule has 0 radical (unpaired) electrons. The van der Waals surface area contributed by atoms with Crippen LogP contribution < -0.4 is 0 Å². The number of hydrogen-bond donors (Lipinski definition) is 0. The molecule has 16 heavy (non-hydrogen) atoms. The van der Waals surface area contributed by atoms with Crippen LogP contribution in [0.2, 0.25) is 0 Å². The quantitative estimate of drug-likeness (QED) is 0.688. The Morgan fingerprint density at radius 3 is 2.56 bits per heavy atom. The fourth-order valence-electron chi connectivity index (χ4n) is 1.73. The first-order valence-electron chi connectivity index (χ1n) is 5.26. The van der Waals surface area contributed by atoms with Crippen LogP contribution >= 0.6 is 0 Å². The van der Waals surface area contributed by atoms with Crippen molar-refractivity contribution in [1.29, 1.82) is 0 Å². The highest BCUT2D eigenvalue weighted by molar-refractivity contribution is 5.54. The second-order valence-electron chi connectivity index (χ2n) is 5.06. The minimum atomic E-state index is -0.177. The molecule has 0 N–H and O–H groups in total. The molecule has 4 nitrogen and oxygen atoms in total. The number of rotatable bonds is 1. The van der Waals surface area contributed by atoms with Gasteiger partial charge in [-0.25, -0.2) is 4.98 Å². The molecule has 0 unspecified atom stereocenters. The highest BCUT2D eigenvalue weighted by Gasteiger charge is 2.24. The van der Waals surface area contributed by atoms with Crippen molar-refractivity contribution < 1.29 is 0 Å². The van der Waals surface area contributed by atoms with E-state index in [1.807, 2.05) is 46.0 Å². The van der Waals surface area contributed by atoms with E-state index in [2.05, 4.69) is 10.2 Å². The van der Waals surface area contributed by atoms with E-state index < -0.39 is 0 Å². The monoisotopic (exact) mass is 217 g/mol. The number of nitroso groups, excluding NO2 is 1. The molecule has 2 aromatic rings. The van der Waals surface area contributed by atoms with E-state index in [0.717, 1.165) is 16.9 Å². The van der Waals surface area contributed by atoms with Gasteiger partial charge in [0, 0.05) is 11.6 Å². The molecule has 0 aliphatic carbocycles. The zero-order valence-corrected chi connectivity index (χ0v) is 9.98. The molecule has 2 aromatic heterocycles. The molecule has 0 saturated heterocycles. The molecule has 4 heteroatoms. The van der Waals surface area contributed by atoms with Gasteiger partial charge in [-0.1, -0.05) is 26.8 Å². The summed E-state index contributed by atoms with van der Waals surface area (Å²) in [5.74, 6) is 0.409. The number of fused-ring (bicyclic) bond motifs is 1. The fraction of sp³-hybridized carbons (Fsp3) is 0.417. The van der Waals surface area contributed by atoms with Gasteiger partial charge in [-0.15, -0.1) is 4.91 Å². The predicted molar refractivity (Wildman–Crippen MR) is 64.1 cm³/mol. The lowest BCUT2D eigenvalue weighted by molar-refractivity contribution is 0.574. The van der Waals surface area contributed by atoms with Gasteiger partial charge in [0.05, 0.1) is 5.69 Å². The highest BCUT2D eigenvalue weighted by Crippen LogP contribution is 2.31. The Bertz CT molecular complexity index is 549. The number of aryl methyl sites for hydroxylation is 1. The summed E-state index contributed by atoms with van der Waals surface area (Å²) in [6.45, 7) is 8.05. The van der Waals surface area contributed by atoms with Gasteiger partial charge in [0.1, 0.15) is 5.65 Å². The van der Waals surface area contributed by atoms with Crippen LogP contribution in [-0.4, -0.2) is 9.38 Å². The standard InChI is InChI=1S/C12H15N3O/c1-8-5-6-9-13-10(12(2,3)4)11(14-16)15(9)7-8/h5-7H,1-4H3. The fourth-order valence-corrected chi connectivity index (χ4v) is 1.73. The van der Waals surface area contributed by atoms with Gasteiger partial charge in [-0.05, 0) is 23.7 Å². The third-order valence-electron chi connectivity index (χ3n) is 2.54. The first kappa shape index (κ1) is 10.8. The van der Waals surface area contributed by atoms with Gasteiger partial charge in [0.2, 0.25) is 5.82 Å². The van der Waals surface area contributed by atoms with E-state index in [1.165, 1.54) is 0 Å². The van der Waals surface area contributed by atoms with Gasteiger partial charge in [0.15, 0.2) is 0 Å². The van der Waals surface area contributed by atoms with Crippen molar-refractivity contribution in [2.45, 2.75) is 33.1 Å². The third-order valence-corrected chi connectivity index (χ3v) is 2.54. The Hall–Kier alpha value is -1.71. The van der Waals surface area contributed by atoms with E-state index in [1.54, 1.807) is 4.40 Å². The van der Waals surface area contributed by atoms with Gasteiger partial charge in [-0.3, -0.25) is 4.40 Å². The first-order valence-corrected chi connectivity index (χ1v) is 5.26. The smallest absolute Gasteiger partial charge is 0.205 e. The molecule has 0 aromatic carbocycles. The summed E-state index contributed by atoms with van der Waals surface area (Å²) in [7, 11) is 0. The number of imidazole rings is 1. The van der Waals surface area contributed by atoms with E-state index in [4.69, 9.17) is 0 Å². The van der Waals surface area contributed by atoms with Crippen molar-refractivity contribution >= 4 is 11.5 Å². The van der Waals surface area contributed by atoms with Crippen molar-refractivity contribution in [2.24, 2.45) is 5.18 Å². The van der Waals surface area contributed by atoms with Crippen LogP contribution in [0.15, 0.2) is 23.5 Å². The maximum Gasteiger partial charge on any atom is 0.205 e. The Balaban J connectivity index is 2.82. The van der Waals surface area contributed by atoms with E-state index in [0.29, 0.717) is 5.82 Å². The Kier molecular flexibility index (Phi) is 2.30. The summed E-state index contributed by atoms with van der Waals surface area (Å²) in [6.07, 6.45) is 1.88. The lowest BCUT2D eigenvalue weighted by Gasteiger charge is -2.14. The molecular formula is C12H15N3O. The van der Waals surface area contributed by atoms with Gasteiger partial charge < -0.3 is 0 Å². The summed E-state index contributed by atoms with van der Waals surface area (Å²) in [4.78, 5) is 15.4. The Morgan fingerprint density at radius 2 is 2.00 bits per heavy atom. The summed E-state index contributed by atoms with van der Waals surface area (Å²) in [6, 6.07) is 3.88. The van der Waals surface area contributed by atoms with Crippen LogP contribution in [0, 0.1) is 11.8 Å². The van der Waals surface area contributed by atoms with Crippen LogP contribution in [0.4, 0.5) is 5.82 Å². The van der Waals surface area contributed by atoms with Crippen LogP contribution in [-0.2, 0) is 5.41 Å². The third kappa shape index (κ3) is 1.60. The second-order valence-corrected chi connectivity index (χ2v) is 5.06. The molecule has 2 rings (SSSR count). The Morgan fingerprint density at radius 1 is 1.31 bits per heavy atom. The maximum absolute atomic E-state index is 10.9. The Labute approximate surface area is 94.3 Å². The summed E-state index contributed by atoms with van der Waals surface area (Å²) in [5, 5.41) is 3.12. The molecule has 0 spiro atoms. The number of pyridine rings is 1. The summed E-state index contributed by atoms with van der Waals surface area (Å²) >= 11 is 0. The van der Waals surface area contributed by atoms with Crippen molar-refractivity contribution in [1.82, 2.24) is 9.38 Å². The molecule has 0 fully saturated rings. The summed E-state index contributed by atoms with van der Waals surface area (Å²) < 4.78 is 1.75. The van der Waals surface area contributed by atoms with Crippen LogP contribution in [0.3, 0.4) is 0 Å². The van der Waals surface area contributed by atoms with Crippen molar-refractivity contribution in [3.8, 4) is 0 Å². The molecular weight excluding hydrogens is 202 g/mol. The lowest BCUT2D eigenvalue weighted by Crippen LogP contribution is -2.11. The molecule has 0 atom stereocenters. The van der Waals surface area contributed by atoms with Crippen LogP contribution in [0.1, 0.15) is 32.0 Å². The SMILES string of the molecule is Cc1ccc2nc(C(C)(C)C)c(N=O)n2c1. The number of aromatic nitrogens is 2. The number of hydrogen-bond acceptors (Lipinski definition) is 3. The van der Waals surface area contributed by atoms with Crippen molar-refractivity contribution in [3.05, 3.63) is 34.5 Å². The average Bonchev–Trinajstić information content (AvgIpc) is 2.54. The highest BCUT2D eigenvalue weighted by atomic mass is 16.3. The minimum Gasteiger partial charge on any atom is -0.281 e. The lowest BCUT2D eigenvalue weighted by atomic mass is 9.92. The van der Waals surface area contributed by atoms with E-state index >= 15 is 0 Å².